The second kappa shape index (κ2) is 6.64. The molecular weight excluding hydrogens is 380 g/mol. The number of nitrogens with one attached hydrogen (secondary N) is 1. The molecule has 8 heteroatoms. The molecule has 0 radical (unpaired) electrons. The van der Waals surface area contributed by atoms with Crippen LogP contribution in [0, 0.1) is 5.92 Å². The van der Waals surface area contributed by atoms with Gasteiger partial charge in [-0.25, -0.2) is 13.6 Å². The highest BCUT2D eigenvalue weighted by Gasteiger charge is 2.20. The van der Waals surface area contributed by atoms with Crippen molar-refractivity contribution in [1.82, 2.24) is 5.32 Å². The van der Waals surface area contributed by atoms with Crippen molar-refractivity contribution in [3.05, 3.63) is 27.2 Å². The molecule has 0 aliphatic heterocycles. The summed E-state index contributed by atoms with van der Waals surface area (Å²) in [6.07, 6.45) is 4.62. The van der Waals surface area contributed by atoms with Crippen LogP contribution in [0.5, 0.6) is 0 Å². The van der Waals surface area contributed by atoms with E-state index in [4.69, 9.17) is 16.7 Å². The van der Waals surface area contributed by atoms with Crippen LogP contribution in [0.15, 0.2) is 21.5 Å². The molecule has 1 aromatic rings. The smallest absolute Gasteiger partial charge is 0.252 e. The van der Waals surface area contributed by atoms with Crippen molar-refractivity contribution in [1.29, 1.82) is 0 Å². The summed E-state index contributed by atoms with van der Waals surface area (Å²) in [5.41, 5.74) is 0.109. The average molecular weight is 396 g/mol. The first-order valence-corrected chi connectivity index (χ1v) is 9.31. The van der Waals surface area contributed by atoms with Gasteiger partial charge in [0, 0.05) is 11.0 Å². The van der Waals surface area contributed by atoms with E-state index in [0.717, 1.165) is 6.42 Å². The zero-order valence-electron chi connectivity index (χ0n) is 11.2. The van der Waals surface area contributed by atoms with E-state index in [2.05, 4.69) is 21.2 Å². The van der Waals surface area contributed by atoms with Gasteiger partial charge in [-0.15, -0.1) is 0 Å². The maximum atomic E-state index is 12.1. The van der Waals surface area contributed by atoms with E-state index in [9.17, 15) is 13.2 Å². The predicted molar refractivity (Wildman–Crippen MR) is 84.8 cm³/mol. The number of halogens is 2. The third-order valence-corrected chi connectivity index (χ3v) is 5.82. The Morgan fingerprint density at radius 3 is 2.62 bits per heavy atom. The van der Waals surface area contributed by atoms with Crippen molar-refractivity contribution in [2.24, 2.45) is 11.1 Å². The fraction of sp³-hybridized carbons (Fsp3) is 0.462. The SMILES string of the molecule is NS(=O)(=O)c1cc(C(=O)NCCC2CCC2)c(Cl)cc1Br. The summed E-state index contributed by atoms with van der Waals surface area (Å²) in [5, 5.41) is 8.05. The Kier molecular flexibility index (Phi) is 5.29. The first kappa shape index (κ1) is 16.7. The summed E-state index contributed by atoms with van der Waals surface area (Å²) in [7, 11) is -3.92. The lowest BCUT2D eigenvalue weighted by Crippen LogP contribution is -2.28. The Labute approximate surface area is 137 Å². The lowest BCUT2D eigenvalue weighted by atomic mass is 9.83. The molecule has 0 aromatic heterocycles. The minimum absolute atomic E-state index is 0.109. The van der Waals surface area contributed by atoms with Gasteiger partial charge < -0.3 is 5.32 Å². The average Bonchev–Trinajstić information content (AvgIpc) is 2.30. The number of carbonyl (C=O) groups is 1. The fourth-order valence-electron chi connectivity index (χ4n) is 2.19. The first-order valence-electron chi connectivity index (χ1n) is 6.59. The maximum absolute atomic E-state index is 12.1. The summed E-state index contributed by atoms with van der Waals surface area (Å²) in [5.74, 6) is 0.294. The van der Waals surface area contributed by atoms with Crippen molar-refractivity contribution < 1.29 is 13.2 Å². The third-order valence-electron chi connectivity index (χ3n) is 3.64. The van der Waals surface area contributed by atoms with Gasteiger partial charge in [0.15, 0.2) is 0 Å². The lowest BCUT2D eigenvalue weighted by Gasteiger charge is -2.25. The molecule has 1 saturated carbocycles. The number of primary sulfonamides is 1. The second-order valence-electron chi connectivity index (χ2n) is 5.15. The molecule has 5 nitrogen and oxygen atoms in total. The predicted octanol–water partition coefficient (Wildman–Crippen LogP) is 2.67. The minimum atomic E-state index is -3.92. The van der Waals surface area contributed by atoms with E-state index >= 15 is 0 Å². The van der Waals surface area contributed by atoms with E-state index in [-0.39, 0.29) is 20.0 Å². The van der Waals surface area contributed by atoms with Gasteiger partial charge in [-0.1, -0.05) is 30.9 Å². The van der Waals surface area contributed by atoms with Gasteiger partial charge in [-0.2, -0.15) is 0 Å². The highest BCUT2D eigenvalue weighted by molar-refractivity contribution is 9.10. The van der Waals surface area contributed by atoms with Crippen molar-refractivity contribution in [2.45, 2.75) is 30.6 Å². The van der Waals surface area contributed by atoms with Gasteiger partial charge >= 0.3 is 0 Å². The Balaban J connectivity index is 2.12. The molecule has 0 spiro atoms. The van der Waals surface area contributed by atoms with Crippen LogP contribution >= 0.6 is 27.5 Å². The highest BCUT2D eigenvalue weighted by atomic mass is 79.9. The van der Waals surface area contributed by atoms with Gasteiger partial charge in [0.1, 0.15) is 0 Å². The zero-order chi connectivity index (χ0) is 15.6. The highest BCUT2D eigenvalue weighted by Crippen LogP contribution is 2.30. The molecule has 116 valence electrons. The molecule has 2 rings (SSSR count). The van der Waals surface area contributed by atoms with Crippen LogP contribution in [0.25, 0.3) is 0 Å². The molecule has 0 atom stereocenters. The Bertz CT molecular complexity index is 660. The van der Waals surface area contributed by atoms with Crippen LogP contribution in [0.1, 0.15) is 36.0 Å². The van der Waals surface area contributed by atoms with Crippen molar-refractivity contribution >= 4 is 43.5 Å². The quantitative estimate of drug-likeness (QED) is 0.803. The first-order chi connectivity index (χ1) is 9.79. The van der Waals surface area contributed by atoms with Crippen LogP contribution in [0.2, 0.25) is 5.02 Å². The van der Waals surface area contributed by atoms with Gasteiger partial charge in [0.25, 0.3) is 5.91 Å². The number of nitrogens with two attached hydrogens (primary N) is 1. The van der Waals surface area contributed by atoms with E-state index in [0.29, 0.717) is 12.5 Å². The third kappa shape index (κ3) is 4.18. The van der Waals surface area contributed by atoms with Crippen LogP contribution in [-0.4, -0.2) is 20.9 Å². The van der Waals surface area contributed by atoms with Crippen molar-refractivity contribution in [3.8, 4) is 0 Å². The largest absolute Gasteiger partial charge is 0.352 e. The number of amides is 1. The van der Waals surface area contributed by atoms with E-state index < -0.39 is 15.9 Å². The second-order valence-corrected chi connectivity index (χ2v) is 7.94. The molecule has 1 aromatic carbocycles. The number of sulfonamides is 1. The van der Waals surface area contributed by atoms with Gasteiger partial charge in [-0.05, 0) is 40.4 Å². The Morgan fingerprint density at radius 2 is 2.10 bits per heavy atom. The summed E-state index contributed by atoms with van der Waals surface area (Å²) < 4.78 is 23.2. The van der Waals surface area contributed by atoms with Crippen LogP contribution in [0.4, 0.5) is 0 Å². The van der Waals surface area contributed by atoms with Crippen LogP contribution in [0.3, 0.4) is 0 Å². The standard InChI is InChI=1S/C13H16BrClN2O3S/c14-10-7-11(15)9(6-12(10)21(16,19)20)13(18)17-5-4-8-2-1-3-8/h6-8H,1-5H2,(H,17,18)(H2,16,19,20). The van der Waals surface area contributed by atoms with Crippen LogP contribution in [-0.2, 0) is 10.0 Å². The molecule has 0 unspecified atom stereocenters. The number of hydrogen-bond donors (Lipinski definition) is 2. The van der Waals surface area contributed by atoms with Crippen molar-refractivity contribution in [3.63, 3.8) is 0 Å². The number of carbonyl (C=O) groups excluding carboxylic acids is 1. The normalized spacial score (nSPS) is 15.6. The summed E-state index contributed by atoms with van der Waals surface area (Å²) >= 11 is 9.08. The summed E-state index contributed by atoms with van der Waals surface area (Å²) in [6.45, 7) is 0.556. The van der Waals surface area contributed by atoms with Crippen LogP contribution < -0.4 is 10.5 Å². The molecule has 1 aliphatic rings. The van der Waals surface area contributed by atoms with Gasteiger partial charge in [0.05, 0.1) is 15.5 Å². The van der Waals surface area contributed by atoms with E-state index in [1.54, 1.807) is 0 Å². The summed E-state index contributed by atoms with van der Waals surface area (Å²) in [6, 6.07) is 2.56. The van der Waals surface area contributed by atoms with Gasteiger partial charge in [0.2, 0.25) is 10.0 Å². The minimum Gasteiger partial charge on any atom is -0.352 e. The number of hydrogen-bond acceptors (Lipinski definition) is 3. The molecule has 0 bridgehead atoms. The molecule has 1 amide bonds. The number of rotatable bonds is 5. The zero-order valence-corrected chi connectivity index (χ0v) is 14.4. The van der Waals surface area contributed by atoms with E-state index in [1.165, 1.54) is 31.4 Å². The summed E-state index contributed by atoms with van der Waals surface area (Å²) in [4.78, 5) is 11.9. The molecular formula is C13H16BrClN2O3S. The molecule has 0 saturated heterocycles. The Morgan fingerprint density at radius 1 is 1.43 bits per heavy atom. The van der Waals surface area contributed by atoms with Crippen molar-refractivity contribution in [2.75, 3.05) is 6.54 Å². The molecule has 3 N–H and O–H groups in total. The molecule has 1 fully saturated rings. The molecule has 0 heterocycles. The van der Waals surface area contributed by atoms with Gasteiger partial charge in [-0.3, -0.25) is 4.79 Å². The fourth-order valence-corrected chi connectivity index (χ4v) is 4.20. The topological polar surface area (TPSA) is 89.3 Å². The Hall–Kier alpha value is -0.630. The monoisotopic (exact) mass is 394 g/mol. The number of benzene rings is 1. The lowest BCUT2D eigenvalue weighted by molar-refractivity contribution is 0.0949. The van der Waals surface area contributed by atoms with E-state index in [1.807, 2.05) is 0 Å². The molecule has 21 heavy (non-hydrogen) atoms. The molecule has 1 aliphatic carbocycles. The maximum Gasteiger partial charge on any atom is 0.252 e.